The van der Waals surface area contributed by atoms with Crippen molar-refractivity contribution >= 4 is 0 Å². The Kier molecular flexibility index (Phi) is 5.88. The number of hydrogen-bond donors (Lipinski definition) is 13. The zero-order valence-corrected chi connectivity index (χ0v) is 18.9. The maximum Gasteiger partial charge on any atom is 0.291 e. The van der Waals surface area contributed by atoms with Gasteiger partial charge in [-0.25, -0.2) is 0 Å². The average molecular weight is 511 g/mol. The predicted molar refractivity (Wildman–Crippen MR) is 107 cm³/mol. The van der Waals surface area contributed by atoms with Crippen LogP contribution in [0.15, 0.2) is 0 Å². The minimum Gasteiger partial charge on any atom is -0.504 e. The van der Waals surface area contributed by atoms with Gasteiger partial charge in [-0.05, 0) is 12.3 Å². The summed E-state index contributed by atoms with van der Waals surface area (Å²) in [5.41, 5.74) is -6.64. The highest BCUT2D eigenvalue weighted by molar-refractivity contribution is 5.69. The number of piperidine rings is 1. The molecule has 2 aliphatic rings. The quantitative estimate of drug-likeness (QED) is 0.133. The highest BCUT2D eigenvalue weighted by atomic mass is 16.7. The van der Waals surface area contributed by atoms with Crippen molar-refractivity contribution in [3.63, 3.8) is 0 Å². The molecule has 2 unspecified atom stereocenters. The monoisotopic (exact) mass is 511 g/mol. The Morgan fingerprint density at radius 2 is 1.23 bits per heavy atom. The van der Waals surface area contributed by atoms with Crippen LogP contribution < -0.4 is 9.47 Å². The second-order valence-electron chi connectivity index (χ2n) is 9.12. The number of nitrogens with zero attached hydrogens (tertiary/aromatic N) is 1. The highest BCUT2D eigenvalue weighted by Gasteiger charge is 2.85. The van der Waals surface area contributed by atoms with Gasteiger partial charge in [0.25, 0.3) is 23.4 Å². The molecular formula is C19H29NO15. The first-order valence-corrected chi connectivity index (χ1v) is 10.1. The molecule has 0 saturated carbocycles. The van der Waals surface area contributed by atoms with Crippen LogP contribution >= 0.6 is 0 Å². The Bertz CT molecular complexity index is 1030. The van der Waals surface area contributed by atoms with Crippen molar-refractivity contribution in [2.75, 3.05) is 14.2 Å². The van der Waals surface area contributed by atoms with E-state index in [1.807, 2.05) is 0 Å². The number of methoxy groups -OCH3 is 2. The molecule has 0 aromatic heterocycles. The van der Waals surface area contributed by atoms with Crippen molar-refractivity contribution in [3.8, 4) is 23.0 Å². The van der Waals surface area contributed by atoms with Crippen LogP contribution in [0.25, 0.3) is 0 Å². The molecule has 2 heterocycles. The Morgan fingerprint density at radius 1 is 0.771 bits per heavy atom. The van der Waals surface area contributed by atoms with Gasteiger partial charge in [-0.1, -0.05) is 13.8 Å². The molecule has 0 aliphatic carbocycles. The molecule has 35 heavy (non-hydrogen) atoms. The van der Waals surface area contributed by atoms with E-state index in [1.54, 1.807) is 0 Å². The normalized spacial score (nSPS) is 29.9. The smallest absolute Gasteiger partial charge is 0.291 e. The van der Waals surface area contributed by atoms with Gasteiger partial charge in [-0.2, -0.15) is 4.90 Å². The molecule has 13 N–H and O–H groups in total. The van der Waals surface area contributed by atoms with E-state index >= 15 is 0 Å². The molecule has 16 heteroatoms. The SMILES string of the molecule is COc1c(O)c2c(c(O)c1OC)C(O)(O)C(O)(O)N1C2C(O)(O)C(O)(O)C(O)(CC(C)C)C1(O)O. The molecule has 16 nitrogen and oxygen atoms in total. The van der Waals surface area contributed by atoms with Crippen LogP contribution in [0, 0.1) is 5.92 Å². The summed E-state index contributed by atoms with van der Waals surface area (Å²) in [4.78, 5) is -0.680. The van der Waals surface area contributed by atoms with Gasteiger partial charge in [0.15, 0.2) is 17.1 Å². The molecule has 1 saturated heterocycles. The van der Waals surface area contributed by atoms with Crippen LogP contribution in [0.1, 0.15) is 37.4 Å². The second kappa shape index (κ2) is 7.48. The fraction of sp³-hybridized carbons (Fsp3) is 0.684. The van der Waals surface area contributed by atoms with E-state index in [1.165, 1.54) is 13.8 Å². The Labute approximate surface area is 196 Å². The minimum atomic E-state index is -4.45. The lowest BCUT2D eigenvalue weighted by Gasteiger charge is -2.66. The first kappa shape index (κ1) is 27.5. The van der Waals surface area contributed by atoms with Gasteiger partial charge in [-0.15, -0.1) is 0 Å². The molecule has 3 rings (SSSR count). The minimum absolute atomic E-state index is 0.680. The summed E-state index contributed by atoms with van der Waals surface area (Å²) in [6.07, 6.45) is -1.06. The molecular weight excluding hydrogens is 482 g/mol. The van der Waals surface area contributed by atoms with Crippen LogP contribution in [0.3, 0.4) is 0 Å². The molecule has 1 aromatic carbocycles. The molecule has 1 aromatic rings. The largest absolute Gasteiger partial charge is 0.504 e. The van der Waals surface area contributed by atoms with Crippen LogP contribution in [0.4, 0.5) is 0 Å². The van der Waals surface area contributed by atoms with E-state index in [-0.39, 0.29) is 0 Å². The number of benzene rings is 1. The summed E-state index contributed by atoms with van der Waals surface area (Å²) in [5.74, 6) is -26.7. The molecule has 200 valence electrons. The molecule has 2 atom stereocenters. The molecule has 1 fully saturated rings. The van der Waals surface area contributed by atoms with Crippen LogP contribution in [-0.4, -0.2) is 115 Å². The van der Waals surface area contributed by atoms with Crippen LogP contribution in [-0.2, 0) is 5.79 Å². The zero-order chi connectivity index (χ0) is 27.3. The lowest BCUT2D eigenvalue weighted by molar-refractivity contribution is -0.581. The van der Waals surface area contributed by atoms with Crippen molar-refractivity contribution in [2.24, 2.45) is 5.92 Å². The summed E-state index contributed by atoms with van der Waals surface area (Å²) in [5, 5.41) is 141. The van der Waals surface area contributed by atoms with Gasteiger partial charge in [-0.3, -0.25) is 0 Å². The molecule has 2 aliphatic heterocycles. The van der Waals surface area contributed by atoms with Gasteiger partial charge in [0.2, 0.25) is 17.3 Å². The standard InChI is InChI=1S/C19H29NO15/c1-6(2)5-14(23)17(28,29)16(26,27)13-7-8(10(22)12(35-4)11(34-3)9(7)21)15(24,25)19(32,33)20(13)18(14,30)31/h6,13,21-33H,5H2,1-4H3. The number of fused-ring (bicyclic) bond motifs is 3. The lowest BCUT2D eigenvalue weighted by Crippen LogP contribution is -2.91. The molecule has 0 spiro atoms. The fourth-order valence-corrected chi connectivity index (χ4v) is 4.92. The van der Waals surface area contributed by atoms with Gasteiger partial charge in [0.05, 0.1) is 19.8 Å². The number of phenols is 2. The van der Waals surface area contributed by atoms with Crippen molar-refractivity contribution in [1.29, 1.82) is 0 Å². The third-order valence-corrected chi connectivity index (χ3v) is 6.56. The number of aromatic hydroxyl groups is 2. The van der Waals surface area contributed by atoms with E-state index in [0.29, 0.717) is 0 Å². The maximum absolute atomic E-state index is 11.0. The number of aliphatic hydroxyl groups is 11. The lowest BCUT2D eigenvalue weighted by atomic mass is 9.66. The predicted octanol–water partition coefficient (Wildman–Crippen LogP) is -4.96. The molecule has 0 amide bonds. The Balaban J connectivity index is 2.59. The van der Waals surface area contributed by atoms with Crippen molar-refractivity contribution < 1.29 is 75.9 Å². The van der Waals surface area contributed by atoms with Crippen molar-refractivity contribution in [2.45, 2.75) is 61.1 Å². The summed E-state index contributed by atoms with van der Waals surface area (Å²) in [6, 6.07) is -3.02. The van der Waals surface area contributed by atoms with Crippen LogP contribution in [0.5, 0.6) is 23.0 Å². The zero-order valence-electron chi connectivity index (χ0n) is 18.9. The van der Waals surface area contributed by atoms with E-state index in [2.05, 4.69) is 0 Å². The number of ether oxygens (including phenoxy) is 2. The molecule has 0 radical (unpaired) electrons. The second-order valence-corrected chi connectivity index (χ2v) is 9.12. The third-order valence-electron chi connectivity index (χ3n) is 6.56. The van der Waals surface area contributed by atoms with E-state index in [4.69, 9.17) is 9.47 Å². The number of rotatable bonds is 4. The first-order chi connectivity index (χ1) is 15.6. The van der Waals surface area contributed by atoms with E-state index in [9.17, 15) is 66.4 Å². The van der Waals surface area contributed by atoms with E-state index in [0.717, 1.165) is 14.2 Å². The average Bonchev–Trinajstić information content (AvgIpc) is 2.69. The van der Waals surface area contributed by atoms with Crippen LogP contribution in [0.2, 0.25) is 0 Å². The summed E-state index contributed by atoms with van der Waals surface area (Å²) in [7, 11) is 1.85. The first-order valence-electron chi connectivity index (χ1n) is 10.1. The van der Waals surface area contributed by atoms with Gasteiger partial charge < -0.3 is 75.9 Å². The van der Waals surface area contributed by atoms with Gasteiger partial charge in [0.1, 0.15) is 6.04 Å². The molecule has 0 bridgehead atoms. The number of hydrogen-bond acceptors (Lipinski definition) is 16. The van der Waals surface area contributed by atoms with Gasteiger partial charge >= 0.3 is 0 Å². The summed E-state index contributed by atoms with van der Waals surface area (Å²) in [6.45, 7) is 2.65. The Morgan fingerprint density at radius 3 is 1.66 bits per heavy atom. The highest BCUT2D eigenvalue weighted by Crippen LogP contribution is 2.66. The Hall–Kier alpha value is -2.06. The van der Waals surface area contributed by atoms with Crippen molar-refractivity contribution in [1.82, 2.24) is 4.90 Å². The topological polar surface area (TPSA) is 285 Å². The van der Waals surface area contributed by atoms with Gasteiger partial charge in [0, 0.05) is 5.56 Å². The summed E-state index contributed by atoms with van der Waals surface area (Å²) < 4.78 is 9.70. The third kappa shape index (κ3) is 2.92. The summed E-state index contributed by atoms with van der Waals surface area (Å²) >= 11 is 0. The fourth-order valence-electron chi connectivity index (χ4n) is 4.92. The number of phenolic OH excluding ortho intramolecular Hbond substituents is 2. The maximum atomic E-state index is 11.0. The van der Waals surface area contributed by atoms with Crippen molar-refractivity contribution in [3.05, 3.63) is 11.1 Å². The van der Waals surface area contributed by atoms with E-state index < -0.39 is 92.2 Å².